The number of hydrogen-bond donors (Lipinski definition) is 1. The van der Waals surface area contributed by atoms with E-state index in [1.165, 1.54) is 43.9 Å². The number of likely N-dealkylation sites (tertiary alicyclic amines) is 1. The predicted octanol–water partition coefficient (Wildman–Crippen LogP) is 1.55. The van der Waals surface area contributed by atoms with Gasteiger partial charge in [-0.15, -0.1) is 0 Å². The third kappa shape index (κ3) is 2.44. The van der Waals surface area contributed by atoms with Gasteiger partial charge in [0.05, 0.1) is 0 Å². The van der Waals surface area contributed by atoms with E-state index < -0.39 is 0 Å². The number of nitrogens with zero attached hydrogens (tertiary/aromatic N) is 1. The molecule has 0 amide bonds. The molecule has 0 radical (unpaired) electrons. The first-order valence-corrected chi connectivity index (χ1v) is 7.00. The summed E-state index contributed by atoms with van der Waals surface area (Å²) >= 11 is 2.11. The number of thioether (sulfide) groups is 1. The van der Waals surface area contributed by atoms with Crippen molar-refractivity contribution in [3.8, 4) is 0 Å². The van der Waals surface area contributed by atoms with Gasteiger partial charge < -0.3 is 5.73 Å². The third-order valence-corrected chi connectivity index (χ3v) is 4.76. The van der Waals surface area contributed by atoms with Crippen LogP contribution < -0.4 is 5.73 Å². The molecule has 2 heterocycles. The molecule has 0 spiro atoms. The molecule has 2 aliphatic heterocycles. The van der Waals surface area contributed by atoms with E-state index in [0.717, 1.165) is 12.0 Å². The minimum atomic E-state index is 0.387. The number of nitrogens with two attached hydrogens (primary N) is 1. The SMILES string of the molecule is CC(N)C1CCN(C2CCSCC2)C1. The Bertz CT molecular complexity index is 178. The van der Waals surface area contributed by atoms with E-state index in [9.17, 15) is 0 Å². The zero-order valence-electron chi connectivity index (χ0n) is 9.11. The normalized spacial score (nSPS) is 33.4. The molecule has 0 saturated carbocycles. The van der Waals surface area contributed by atoms with Crippen molar-refractivity contribution in [1.82, 2.24) is 4.90 Å². The van der Waals surface area contributed by atoms with Gasteiger partial charge in [0.25, 0.3) is 0 Å². The van der Waals surface area contributed by atoms with Gasteiger partial charge in [-0.25, -0.2) is 0 Å². The van der Waals surface area contributed by atoms with Crippen molar-refractivity contribution in [2.45, 2.75) is 38.3 Å². The average Bonchev–Trinajstić information content (AvgIpc) is 2.68. The quantitative estimate of drug-likeness (QED) is 0.756. The van der Waals surface area contributed by atoms with Crippen molar-refractivity contribution in [2.75, 3.05) is 24.6 Å². The van der Waals surface area contributed by atoms with Gasteiger partial charge in [0, 0.05) is 18.6 Å². The van der Waals surface area contributed by atoms with Crippen molar-refractivity contribution in [2.24, 2.45) is 11.7 Å². The first-order valence-electron chi connectivity index (χ1n) is 5.85. The van der Waals surface area contributed by atoms with Crippen LogP contribution in [-0.2, 0) is 0 Å². The zero-order chi connectivity index (χ0) is 9.97. The summed E-state index contributed by atoms with van der Waals surface area (Å²) in [5.41, 5.74) is 5.96. The van der Waals surface area contributed by atoms with Crippen molar-refractivity contribution in [1.29, 1.82) is 0 Å². The van der Waals surface area contributed by atoms with E-state index in [1.54, 1.807) is 0 Å². The molecule has 0 bridgehead atoms. The standard InChI is InChI=1S/C11H22N2S/c1-9(12)10-2-5-13(8-10)11-3-6-14-7-4-11/h9-11H,2-8,12H2,1H3. The molecule has 3 heteroatoms. The van der Waals surface area contributed by atoms with Crippen molar-refractivity contribution in [3.05, 3.63) is 0 Å². The maximum atomic E-state index is 5.96. The van der Waals surface area contributed by atoms with Crippen LogP contribution in [0.2, 0.25) is 0 Å². The zero-order valence-corrected chi connectivity index (χ0v) is 9.93. The van der Waals surface area contributed by atoms with Gasteiger partial charge in [-0.3, -0.25) is 4.90 Å². The maximum absolute atomic E-state index is 5.96. The highest BCUT2D eigenvalue weighted by atomic mass is 32.2. The third-order valence-electron chi connectivity index (χ3n) is 3.71. The van der Waals surface area contributed by atoms with Crippen LogP contribution in [0.25, 0.3) is 0 Å². The highest BCUT2D eigenvalue weighted by Gasteiger charge is 2.30. The highest BCUT2D eigenvalue weighted by molar-refractivity contribution is 7.99. The molecular formula is C11H22N2S. The fraction of sp³-hybridized carbons (Fsp3) is 1.00. The van der Waals surface area contributed by atoms with Crippen LogP contribution >= 0.6 is 11.8 Å². The van der Waals surface area contributed by atoms with Crippen LogP contribution in [0.15, 0.2) is 0 Å². The molecule has 2 N–H and O–H groups in total. The van der Waals surface area contributed by atoms with Gasteiger partial charge in [-0.2, -0.15) is 11.8 Å². The van der Waals surface area contributed by atoms with Crippen LogP contribution in [0.3, 0.4) is 0 Å². The molecule has 2 fully saturated rings. The van der Waals surface area contributed by atoms with Crippen molar-refractivity contribution < 1.29 is 0 Å². The molecule has 2 aliphatic rings. The minimum absolute atomic E-state index is 0.387. The smallest absolute Gasteiger partial charge is 0.0111 e. The molecule has 2 nitrogen and oxygen atoms in total. The molecule has 0 aromatic heterocycles. The van der Waals surface area contributed by atoms with Gasteiger partial charge in [0.2, 0.25) is 0 Å². The Hall–Kier alpha value is 0.270. The molecule has 0 aromatic rings. The largest absolute Gasteiger partial charge is 0.328 e. The van der Waals surface area contributed by atoms with Crippen LogP contribution in [0.5, 0.6) is 0 Å². The van der Waals surface area contributed by atoms with E-state index >= 15 is 0 Å². The second kappa shape index (κ2) is 4.86. The second-order valence-corrected chi connectivity index (χ2v) is 5.97. The monoisotopic (exact) mass is 214 g/mol. The number of hydrogen-bond acceptors (Lipinski definition) is 3. The van der Waals surface area contributed by atoms with Crippen LogP contribution in [-0.4, -0.2) is 41.6 Å². The summed E-state index contributed by atoms with van der Waals surface area (Å²) in [5.74, 6) is 3.48. The van der Waals surface area contributed by atoms with Crippen molar-refractivity contribution >= 4 is 11.8 Å². The molecule has 2 unspecified atom stereocenters. The molecule has 2 atom stereocenters. The fourth-order valence-corrected chi connectivity index (χ4v) is 3.71. The van der Waals surface area contributed by atoms with Crippen molar-refractivity contribution in [3.63, 3.8) is 0 Å². The lowest BCUT2D eigenvalue weighted by atomic mass is 10.0. The van der Waals surface area contributed by atoms with Gasteiger partial charge in [0.15, 0.2) is 0 Å². The average molecular weight is 214 g/mol. The Kier molecular flexibility index (Phi) is 3.74. The summed E-state index contributed by atoms with van der Waals surface area (Å²) in [6.07, 6.45) is 4.12. The van der Waals surface area contributed by atoms with Gasteiger partial charge in [-0.1, -0.05) is 0 Å². The van der Waals surface area contributed by atoms with Gasteiger partial charge >= 0.3 is 0 Å². The minimum Gasteiger partial charge on any atom is -0.328 e. The second-order valence-electron chi connectivity index (χ2n) is 4.75. The van der Waals surface area contributed by atoms with E-state index in [4.69, 9.17) is 5.73 Å². The summed E-state index contributed by atoms with van der Waals surface area (Å²) in [6, 6.07) is 1.26. The lowest BCUT2D eigenvalue weighted by molar-refractivity contribution is 0.218. The Morgan fingerprint density at radius 3 is 2.57 bits per heavy atom. The molecule has 0 aromatic carbocycles. The Morgan fingerprint density at radius 1 is 1.29 bits per heavy atom. The van der Waals surface area contributed by atoms with Crippen LogP contribution in [0.1, 0.15) is 26.2 Å². The summed E-state index contributed by atoms with van der Waals surface area (Å²) in [4.78, 5) is 2.69. The Balaban J connectivity index is 1.82. The predicted molar refractivity (Wildman–Crippen MR) is 63.7 cm³/mol. The van der Waals surface area contributed by atoms with E-state index in [0.29, 0.717) is 6.04 Å². The first kappa shape index (κ1) is 10.8. The van der Waals surface area contributed by atoms with E-state index in [1.807, 2.05) is 0 Å². The molecule has 82 valence electrons. The lowest BCUT2D eigenvalue weighted by Gasteiger charge is -2.31. The highest BCUT2D eigenvalue weighted by Crippen LogP contribution is 2.27. The van der Waals surface area contributed by atoms with Crippen LogP contribution in [0.4, 0.5) is 0 Å². The Labute approximate surface area is 91.6 Å². The lowest BCUT2D eigenvalue weighted by Crippen LogP contribution is -2.37. The van der Waals surface area contributed by atoms with E-state index in [2.05, 4.69) is 23.6 Å². The first-order chi connectivity index (χ1) is 6.77. The molecule has 2 rings (SSSR count). The topological polar surface area (TPSA) is 29.3 Å². The van der Waals surface area contributed by atoms with E-state index in [-0.39, 0.29) is 0 Å². The van der Waals surface area contributed by atoms with Gasteiger partial charge in [0.1, 0.15) is 0 Å². The van der Waals surface area contributed by atoms with Crippen LogP contribution in [0, 0.1) is 5.92 Å². The fourth-order valence-electron chi connectivity index (χ4n) is 2.63. The molecule has 2 saturated heterocycles. The molecular weight excluding hydrogens is 192 g/mol. The summed E-state index contributed by atoms with van der Waals surface area (Å²) in [7, 11) is 0. The number of rotatable bonds is 2. The van der Waals surface area contributed by atoms with Gasteiger partial charge in [-0.05, 0) is 50.2 Å². The molecule has 0 aliphatic carbocycles. The maximum Gasteiger partial charge on any atom is 0.0111 e. The molecule has 14 heavy (non-hydrogen) atoms. The summed E-state index contributed by atoms with van der Waals surface area (Å²) < 4.78 is 0. The summed E-state index contributed by atoms with van der Waals surface area (Å²) in [5, 5.41) is 0. The summed E-state index contributed by atoms with van der Waals surface area (Å²) in [6.45, 7) is 4.71. The Morgan fingerprint density at radius 2 is 2.00 bits per heavy atom.